The van der Waals surface area contributed by atoms with Gasteiger partial charge in [-0.2, -0.15) is 0 Å². The Hall–Kier alpha value is -6.90. The normalized spacial score (nSPS) is 14.9. The molecular weight excluding hydrogens is 674 g/mol. The maximum atomic E-state index is 2.59. The smallest absolute Gasteiger partial charge is 0.244 e. The maximum Gasteiger partial charge on any atom is 0.244 e. The lowest BCUT2D eigenvalue weighted by atomic mass is 9.16. The summed E-state index contributed by atoms with van der Waals surface area (Å²) >= 11 is 0. The van der Waals surface area contributed by atoms with Gasteiger partial charge in [-0.25, -0.2) is 0 Å². The summed E-state index contributed by atoms with van der Waals surface area (Å²) in [5, 5.41) is 9.28. The Morgan fingerprint density at radius 2 is 1.07 bits per heavy atom. The second kappa shape index (κ2) is 11.3. The lowest BCUT2D eigenvalue weighted by molar-refractivity contribution is -0.537. The van der Waals surface area contributed by atoms with Crippen LogP contribution in [0.25, 0.3) is 71.1 Å². The molecule has 0 radical (unpaired) electrons. The van der Waals surface area contributed by atoms with Crippen molar-refractivity contribution in [1.29, 1.82) is 0 Å². The lowest BCUT2D eigenvalue weighted by Gasteiger charge is -2.41. The number of fused-ring (bicyclic) bond motifs is 10. The van der Waals surface area contributed by atoms with Crippen LogP contribution in [-0.4, -0.2) is 17.8 Å². The average molecular weight is 707 g/mol. The van der Waals surface area contributed by atoms with Gasteiger partial charge < -0.3 is 0 Å². The van der Waals surface area contributed by atoms with Gasteiger partial charge in [-0.05, 0) is 34.1 Å². The van der Waals surface area contributed by atoms with Gasteiger partial charge in [0.15, 0.2) is 0 Å². The first kappa shape index (κ1) is 30.4. The van der Waals surface area contributed by atoms with E-state index in [0.717, 1.165) is 0 Å². The highest BCUT2D eigenvalue weighted by molar-refractivity contribution is 7.09. The highest BCUT2D eigenvalue weighted by Crippen LogP contribution is 2.46. The third-order valence-electron chi connectivity index (χ3n) is 13.1. The van der Waals surface area contributed by atoms with E-state index in [1.165, 1.54) is 104 Å². The van der Waals surface area contributed by atoms with Crippen molar-refractivity contribution in [3.8, 4) is 5.69 Å². The zero-order valence-electron chi connectivity index (χ0n) is 30.6. The van der Waals surface area contributed by atoms with Crippen molar-refractivity contribution in [3.05, 3.63) is 205 Å². The van der Waals surface area contributed by atoms with Crippen molar-refractivity contribution in [1.82, 2.24) is 4.40 Å². The molecule has 2 aliphatic rings. The van der Waals surface area contributed by atoms with Gasteiger partial charge in [-0.1, -0.05) is 191 Å². The number of aromatic nitrogens is 2. The number of hydrogen-bond acceptors (Lipinski definition) is 0. The summed E-state index contributed by atoms with van der Waals surface area (Å²) < 4.78 is 5.15. The fourth-order valence-electron chi connectivity index (χ4n) is 11.1. The highest BCUT2D eigenvalue weighted by Gasteiger charge is 2.47. The van der Waals surface area contributed by atoms with Crippen LogP contribution in [-0.2, 0) is 0 Å². The van der Waals surface area contributed by atoms with E-state index >= 15 is 0 Å². The third-order valence-corrected chi connectivity index (χ3v) is 13.1. The fourth-order valence-corrected chi connectivity index (χ4v) is 11.1. The third kappa shape index (κ3) is 3.86. The molecule has 1 aliphatic heterocycles. The largest absolute Gasteiger partial charge is 0.297 e. The van der Waals surface area contributed by atoms with Crippen molar-refractivity contribution >= 4 is 101 Å². The minimum Gasteiger partial charge on any atom is -0.297 e. The van der Waals surface area contributed by atoms with E-state index in [1.54, 1.807) is 0 Å². The number of benzene rings is 9. The predicted molar refractivity (Wildman–Crippen MR) is 237 cm³/mol. The van der Waals surface area contributed by atoms with Gasteiger partial charge in [0.1, 0.15) is 11.0 Å². The van der Waals surface area contributed by atoms with Gasteiger partial charge >= 0.3 is 0 Å². The summed E-state index contributed by atoms with van der Waals surface area (Å²) in [4.78, 5) is 0. The van der Waals surface area contributed by atoms with Crippen LogP contribution in [0, 0.1) is 0 Å². The van der Waals surface area contributed by atoms with Gasteiger partial charge in [0.05, 0.1) is 10.9 Å². The van der Waals surface area contributed by atoms with Crippen LogP contribution in [0.5, 0.6) is 0 Å². The molecule has 13 rings (SSSR count). The van der Waals surface area contributed by atoms with Crippen LogP contribution < -0.4 is 31.6 Å². The molecule has 56 heavy (non-hydrogen) atoms. The molecule has 0 spiro atoms. The van der Waals surface area contributed by atoms with Gasteiger partial charge in [-0.3, -0.25) is 4.40 Å². The Morgan fingerprint density at radius 3 is 1.89 bits per heavy atom. The number of nitrogens with zero attached hydrogens (tertiary/aromatic N) is 2. The van der Waals surface area contributed by atoms with Crippen LogP contribution >= 0.6 is 0 Å². The number of para-hydroxylation sites is 3. The molecule has 0 bridgehead atoms. The lowest BCUT2D eigenvalue weighted by Crippen LogP contribution is -2.67. The molecule has 0 amide bonds. The molecule has 2 nitrogen and oxygen atoms in total. The van der Waals surface area contributed by atoms with E-state index < -0.39 is 0 Å². The predicted octanol–water partition coefficient (Wildman–Crippen LogP) is 7.96. The second-order valence-corrected chi connectivity index (χ2v) is 15.7. The van der Waals surface area contributed by atoms with Gasteiger partial charge in [-0.15, -0.1) is 4.57 Å². The molecule has 0 saturated heterocycles. The zero-order valence-corrected chi connectivity index (χ0v) is 30.6. The molecule has 0 fully saturated rings. The summed E-state index contributed by atoms with van der Waals surface area (Å²) in [6.07, 6.45) is 0. The van der Waals surface area contributed by atoms with E-state index in [4.69, 9.17) is 0 Å². The SMILES string of the molecule is c1ccc(B2C3=c4cccc5c4c4c(cccc4c4c5[n+](-c5ccccc5)c5cccc6c7ccccc7n4c65)C3B(c3ccccc3)c3ccccc32)cc1. The Morgan fingerprint density at radius 1 is 0.446 bits per heavy atom. The Balaban J connectivity index is 1.33. The highest BCUT2D eigenvalue weighted by atomic mass is 15.0. The van der Waals surface area contributed by atoms with E-state index in [9.17, 15) is 0 Å². The molecule has 3 heterocycles. The fraction of sp³-hybridized carbons (Fsp3) is 0.0192. The summed E-state index contributed by atoms with van der Waals surface area (Å²) in [5.74, 6) is 0.139. The molecule has 11 aromatic rings. The molecule has 4 heteroatoms. The molecule has 0 N–H and O–H groups in total. The standard InChI is InChI=1S/C52H33B2N2/c1-4-17-33(18-5-1)53-42-29-11-12-30-43(42)54(34-19-6-2-7-20-34)49-39-26-15-28-41-47(39)46-38(48(49)53)25-14-27-40(46)51-52(41)56-44-31-13-10-23-36(44)37-24-16-32-45(50(37)56)55(51)35-21-8-3-9-22-35/h1-32,49H/q+1. The Labute approximate surface area is 324 Å². The van der Waals surface area contributed by atoms with Crippen LogP contribution in [0.4, 0.5) is 0 Å². The summed E-state index contributed by atoms with van der Waals surface area (Å²) in [7, 11) is 0. The Bertz CT molecular complexity index is 3480. The molecule has 1 unspecified atom stereocenters. The molecule has 2 aromatic heterocycles. The Kier molecular flexibility index (Phi) is 6.15. The van der Waals surface area contributed by atoms with Crippen molar-refractivity contribution in [2.75, 3.05) is 0 Å². The molecule has 1 aliphatic carbocycles. The molecule has 256 valence electrons. The first-order valence-electron chi connectivity index (χ1n) is 19.8. The number of hydrogen-bond donors (Lipinski definition) is 0. The topological polar surface area (TPSA) is 8.29 Å². The van der Waals surface area contributed by atoms with Gasteiger partial charge in [0.25, 0.3) is 0 Å². The summed E-state index contributed by atoms with van der Waals surface area (Å²) in [6.45, 7) is 0.273. The van der Waals surface area contributed by atoms with E-state index in [2.05, 4.69) is 203 Å². The maximum absolute atomic E-state index is 2.59. The quantitative estimate of drug-likeness (QED) is 0.0763. The van der Waals surface area contributed by atoms with Gasteiger partial charge in [0.2, 0.25) is 30.1 Å². The van der Waals surface area contributed by atoms with Crippen LogP contribution in [0.2, 0.25) is 0 Å². The van der Waals surface area contributed by atoms with E-state index in [-0.39, 0.29) is 19.2 Å². The van der Waals surface area contributed by atoms with Crippen molar-refractivity contribution < 1.29 is 4.57 Å². The second-order valence-electron chi connectivity index (χ2n) is 15.7. The van der Waals surface area contributed by atoms with E-state index in [1.807, 2.05) is 0 Å². The number of rotatable bonds is 3. The first-order valence-corrected chi connectivity index (χ1v) is 19.8. The molecular formula is C52H33B2N2+. The molecule has 9 aromatic carbocycles. The molecule has 1 atom stereocenters. The monoisotopic (exact) mass is 707 g/mol. The summed E-state index contributed by atoms with van der Waals surface area (Å²) in [6, 6.07) is 73.0. The minimum atomic E-state index is 0.112. The van der Waals surface area contributed by atoms with Crippen molar-refractivity contribution in [2.45, 2.75) is 5.82 Å². The van der Waals surface area contributed by atoms with Crippen LogP contribution in [0.1, 0.15) is 11.4 Å². The van der Waals surface area contributed by atoms with Crippen LogP contribution in [0.15, 0.2) is 194 Å². The summed E-state index contributed by atoms with van der Waals surface area (Å²) in [5.41, 5.74) is 15.8. The average Bonchev–Trinajstić information content (AvgIpc) is 3.61. The van der Waals surface area contributed by atoms with E-state index in [0.29, 0.717) is 0 Å². The van der Waals surface area contributed by atoms with Crippen molar-refractivity contribution in [2.24, 2.45) is 0 Å². The zero-order chi connectivity index (χ0) is 36.5. The molecule has 0 saturated carbocycles. The minimum absolute atomic E-state index is 0.112. The van der Waals surface area contributed by atoms with Crippen molar-refractivity contribution in [3.63, 3.8) is 0 Å². The first-order chi connectivity index (χ1) is 27.9. The van der Waals surface area contributed by atoms with Crippen LogP contribution in [0.3, 0.4) is 0 Å². The van der Waals surface area contributed by atoms with Gasteiger partial charge in [0, 0.05) is 39.7 Å².